The molecule has 0 aliphatic rings. The minimum Gasteiger partial charge on any atom is -0.381 e. The van der Waals surface area contributed by atoms with Crippen molar-refractivity contribution in [1.29, 1.82) is 0 Å². The smallest absolute Gasteiger partial charge is 0.0469 e. The predicted molar refractivity (Wildman–Crippen MR) is 73.4 cm³/mol. The Morgan fingerprint density at radius 3 is 2.47 bits per heavy atom. The quantitative estimate of drug-likeness (QED) is 0.629. The van der Waals surface area contributed by atoms with Gasteiger partial charge in [0.1, 0.15) is 0 Å². The van der Waals surface area contributed by atoms with Crippen LogP contribution in [-0.4, -0.2) is 26.8 Å². The second kappa shape index (κ2) is 10.3. The molecular weight excluding hydrogens is 210 g/mol. The summed E-state index contributed by atoms with van der Waals surface area (Å²) in [5.41, 5.74) is 1.41. The van der Waals surface area contributed by atoms with Crippen LogP contribution in [0.3, 0.4) is 0 Å². The van der Waals surface area contributed by atoms with Gasteiger partial charge >= 0.3 is 0 Å². The van der Waals surface area contributed by atoms with Gasteiger partial charge in [-0.25, -0.2) is 0 Å². The van der Waals surface area contributed by atoms with E-state index in [2.05, 4.69) is 35.6 Å². The van der Waals surface area contributed by atoms with Gasteiger partial charge in [-0.15, -0.1) is 0 Å². The van der Waals surface area contributed by atoms with Gasteiger partial charge in [-0.1, -0.05) is 30.3 Å². The van der Waals surface area contributed by atoms with Crippen LogP contribution in [-0.2, 0) is 11.2 Å². The van der Waals surface area contributed by atoms with E-state index in [1.165, 1.54) is 24.8 Å². The Bertz CT molecular complexity index is 261. The van der Waals surface area contributed by atoms with Crippen molar-refractivity contribution >= 4 is 0 Å². The van der Waals surface area contributed by atoms with E-state index in [4.69, 9.17) is 4.74 Å². The van der Waals surface area contributed by atoms with Gasteiger partial charge in [-0.3, -0.25) is 0 Å². The number of nitrogens with one attached hydrogen (secondary N) is 1. The highest BCUT2D eigenvalue weighted by Crippen LogP contribution is 2.02. The average molecular weight is 235 g/mol. The Labute approximate surface area is 105 Å². The number of rotatable bonds is 10. The molecule has 96 valence electrons. The Morgan fingerprint density at radius 1 is 0.941 bits per heavy atom. The van der Waals surface area contributed by atoms with Crippen molar-refractivity contribution < 1.29 is 4.74 Å². The lowest BCUT2D eigenvalue weighted by molar-refractivity contribution is 0.128. The summed E-state index contributed by atoms with van der Waals surface area (Å²) < 4.78 is 5.62. The van der Waals surface area contributed by atoms with Crippen LogP contribution >= 0.6 is 0 Å². The van der Waals surface area contributed by atoms with Crippen molar-refractivity contribution in [2.24, 2.45) is 0 Å². The first-order valence-corrected chi connectivity index (χ1v) is 6.70. The standard InChI is InChI=1S/C15H25NO/c1-16-12-6-3-7-13-17-14-8-11-15-9-4-2-5-10-15/h2,4-5,9-10,16H,3,6-8,11-14H2,1H3. The number of hydrogen-bond donors (Lipinski definition) is 1. The van der Waals surface area contributed by atoms with Crippen LogP contribution in [0.15, 0.2) is 30.3 Å². The zero-order valence-corrected chi connectivity index (χ0v) is 11.0. The van der Waals surface area contributed by atoms with E-state index in [0.29, 0.717) is 0 Å². The van der Waals surface area contributed by atoms with Crippen LogP contribution in [0.5, 0.6) is 0 Å². The zero-order chi connectivity index (χ0) is 12.2. The lowest BCUT2D eigenvalue weighted by atomic mass is 10.1. The molecule has 0 radical (unpaired) electrons. The molecule has 0 saturated heterocycles. The molecule has 0 amide bonds. The molecular formula is C15H25NO. The van der Waals surface area contributed by atoms with Crippen LogP contribution in [0.2, 0.25) is 0 Å². The van der Waals surface area contributed by atoms with E-state index in [9.17, 15) is 0 Å². The van der Waals surface area contributed by atoms with E-state index in [1.807, 2.05) is 7.05 Å². The van der Waals surface area contributed by atoms with Gasteiger partial charge in [-0.2, -0.15) is 0 Å². The molecule has 1 aromatic rings. The third-order valence-corrected chi connectivity index (χ3v) is 2.81. The minimum atomic E-state index is 0.890. The van der Waals surface area contributed by atoms with Gasteiger partial charge in [0.2, 0.25) is 0 Å². The Balaban J connectivity index is 1.85. The highest BCUT2D eigenvalue weighted by molar-refractivity contribution is 5.14. The lowest BCUT2D eigenvalue weighted by Gasteiger charge is -2.04. The second-order valence-corrected chi connectivity index (χ2v) is 4.37. The van der Waals surface area contributed by atoms with Gasteiger partial charge in [0.25, 0.3) is 0 Å². The first-order chi connectivity index (χ1) is 8.43. The largest absolute Gasteiger partial charge is 0.381 e. The summed E-state index contributed by atoms with van der Waals surface area (Å²) in [7, 11) is 2.00. The zero-order valence-electron chi connectivity index (χ0n) is 11.0. The van der Waals surface area contributed by atoms with Gasteiger partial charge in [0, 0.05) is 13.2 Å². The normalized spacial score (nSPS) is 10.6. The maximum atomic E-state index is 5.62. The Kier molecular flexibility index (Phi) is 8.61. The molecule has 1 rings (SSSR count). The minimum absolute atomic E-state index is 0.890. The van der Waals surface area contributed by atoms with Crippen LogP contribution in [0.1, 0.15) is 31.2 Å². The van der Waals surface area contributed by atoms with Crippen LogP contribution in [0, 0.1) is 0 Å². The molecule has 0 fully saturated rings. The maximum absolute atomic E-state index is 5.62. The Hall–Kier alpha value is -0.860. The third-order valence-electron chi connectivity index (χ3n) is 2.81. The highest BCUT2D eigenvalue weighted by Gasteiger charge is 1.93. The number of unbranched alkanes of at least 4 members (excludes halogenated alkanes) is 2. The summed E-state index contributed by atoms with van der Waals surface area (Å²) in [6.07, 6.45) is 5.96. The van der Waals surface area contributed by atoms with Crippen molar-refractivity contribution in [3.05, 3.63) is 35.9 Å². The fourth-order valence-electron chi connectivity index (χ4n) is 1.81. The van der Waals surface area contributed by atoms with E-state index in [1.54, 1.807) is 0 Å². The van der Waals surface area contributed by atoms with Gasteiger partial charge in [0.05, 0.1) is 0 Å². The summed E-state index contributed by atoms with van der Waals surface area (Å²) in [6.45, 7) is 2.92. The van der Waals surface area contributed by atoms with Crippen molar-refractivity contribution in [2.45, 2.75) is 32.1 Å². The summed E-state index contributed by atoms with van der Waals surface area (Å²) in [6, 6.07) is 10.6. The third kappa shape index (κ3) is 7.94. The molecule has 17 heavy (non-hydrogen) atoms. The Morgan fingerprint density at radius 2 is 1.71 bits per heavy atom. The molecule has 2 heteroatoms. The summed E-state index contributed by atoms with van der Waals surface area (Å²) in [5.74, 6) is 0. The summed E-state index contributed by atoms with van der Waals surface area (Å²) in [5, 5.41) is 3.16. The lowest BCUT2D eigenvalue weighted by Crippen LogP contribution is -2.07. The number of hydrogen-bond acceptors (Lipinski definition) is 2. The van der Waals surface area contributed by atoms with E-state index < -0.39 is 0 Å². The molecule has 0 saturated carbocycles. The van der Waals surface area contributed by atoms with E-state index >= 15 is 0 Å². The molecule has 1 aromatic carbocycles. The van der Waals surface area contributed by atoms with Gasteiger partial charge < -0.3 is 10.1 Å². The van der Waals surface area contributed by atoms with E-state index in [0.717, 1.165) is 32.6 Å². The molecule has 1 N–H and O–H groups in total. The van der Waals surface area contributed by atoms with Gasteiger partial charge in [-0.05, 0) is 51.3 Å². The number of ether oxygens (including phenoxy) is 1. The number of benzene rings is 1. The van der Waals surface area contributed by atoms with Crippen LogP contribution in [0.25, 0.3) is 0 Å². The van der Waals surface area contributed by atoms with Gasteiger partial charge in [0.15, 0.2) is 0 Å². The first-order valence-electron chi connectivity index (χ1n) is 6.70. The SMILES string of the molecule is CNCCCCCOCCCc1ccccc1. The monoisotopic (exact) mass is 235 g/mol. The number of aryl methyl sites for hydroxylation is 1. The maximum Gasteiger partial charge on any atom is 0.0469 e. The predicted octanol–water partition coefficient (Wildman–Crippen LogP) is 3.03. The average Bonchev–Trinajstić information content (AvgIpc) is 2.38. The molecule has 0 heterocycles. The molecule has 0 aliphatic carbocycles. The fraction of sp³-hybridized carbons (Fsp3) is 0.600. The van der Waals surface area contributed by atoms with Crippen LogP contribution < -0.4 is 5.32 Å². The molecule has 0 aromatic heterocycles. The van der Waals surface area contributed by atoms with E-state index in [-0.39, 0.29) is 0 Å². The van der Waals surface area contributed by atoms with Crippen molar-refractivity contribution in [1.82, 2.24) is 5.32 Å². The molecule has 0 aliphatic heterocycles. The molecule has 2 nitrogen and oxygen atoms in total. The summed E-state index contributed by atoms with van der Waals surface area (Å²) >= 11 is 0. The molecule has 0 unspecified atom stereocenters. The van der Waals surface area contributed by atoms with Crippen molar-refractivity contribution in [3.63, 3.8) is 0 Å². The summed E-state index contributed by atoms with van der Waals surface area (Å²) in [4.78, 5) is 0. The topological polar surface area (TPSA) is 21.3 Å². The first kappa shape index (κ1) is 14.2. The highest BCUT2D eigenvalue weighted by atomic mass is 16.5. The van der Waals surface area contributed by atoms with Crippen LogP contribution in [0.4, 0.5) is 0 Å². The second-order valence-electron chi connectivity index (χ2n) is 4.37. The van der Waals surface area contributed by atoms with Crippen molar-refractivity contribution in [2.75, 3.05) is 26.8 Å². The van der Waals surface area contributed by atoms with Crippen molar-refractivity contribution in [3.8, 4) is 0 Å². The fourth-order valence-corrected chi connectivity index (χ4v) is 1.81. The molecule has 0 spiro atoms. The molecule has 0 bridgehead atoms. The molecule has 0 atom stereocenters.